The molecule has 1 aliphatic carbocycles. The minimum atomic E-state index is -0.465. The third-order valence-corrected chi connectivity index (χ3v) is 11.1. The molecular formula is C49H31NO. The molecule has 0 N–H and O–H groups in total. The molecule has 0 amide bonds. The van der Waals surface area contributed by atoms with Crippen molar-refractivity contribution in [2.45, 2.75) is 5.41 Å². The van der Waals surface area contributed by atoms with Crippen molar-refractivity contribution in [2.24, 2.45) is 0 Å². The van der Waals surface area contributed by atoms with Gasteiger partial charge in [-0.1, -0.05) is 146 Å². The Morgan fingerprint density at radius 3 is 1.67 bits per heavy atom. The molecule has 238 valence electrons. The van der Waals surface area contributed by atoms with Gasteiger partial charge in [-0.05, 0) is 87.0 Å². The maximum Gasteiger partial charge on any atom is 0.136 e. The lowest BCUT2D eigenvalue weighted by molar-refractivity contribution is 0.666. The van der Waals surface area contributed by atoms with Crippen molar-refractivity contribution in [3.63, 3.8) is 0 Å². The lowest BCUT2D eigenvalue weighted by Crippen LogP contribution is -2.28. The first-order valence-electron chi connectivity index (χ1n) is 17.6. The molecule has 51 heavy (non-hydrogen) atoms. The Morgan fingerprint density at radius 1 is 0.392 bits per heavy atom. The summed E-state index contributed by atoms with van der Waals surface area (Å²) in [5.41, 5.74) is 14.8. The van der Waals surface area contributed by atoms with Gasteiger partial charge in [0, 0.05) is 27.2 Å². The number of hydrogen-bond acceptors (Lipinski definition) is 1. The molecule has 0 fully saturated rings. The van der Waals surface area contributed by atoms with E-state index in [2.05, 4.69) is 193 Å². The van der Waals surface area contributed by atoms with E-state index in [1.54, 1.807) is 0 Å². The van der Waals surface area contributed by atoms with E-state index < -0.39 is 5.41 Å². The number of aromatic nitrogens is 1. The average molecular weight is 650 g/mol. The summed E-state index contributed by atoms with van der Waals surface area (Å²) in [5.74, 6) is 0. The summed E-state index contributed by atoms with van der Waals surface area (Å²) in [7, 11) is 0. The van der Waals surface area contributed by atoms with Crippen molar-refractivity contribution in [1.29, 1.82) is 0 Å². The number of furan rings is 1. The molecule has 0 bridgehead atoms. The molecule has 8 aromatic carbocycles. The number of nitrogens with zero attached hydrogens (tertiary/aromatic N) is 1. The van der Waals surface area contributed by atoms with Crippen molar-refractivity contribution in [2.75, 3.05) is 0 Å². The van der Waals surface area contributed by atoms with Crippen LogP contribution in [0.2, 0.25) is 0 Å². The molecule has 0 atom stereocenters. The van der Waals surface area contributed by atoms with Gasteiger partial charge in [-0.25, -0.2) is 0 Å². The van der Waals surface area contributed by atoms with Crippen molar-refractivity contribution in [3.05, 3.63) is 210 Å². The third-order valence-electron chi connectivity index (χ3n) is 11.1. The first-order valence-corrected chi connectivity index (χ1v) is 17.6. The number of hydrogen-bond donors (Lipinski definition) is 0. The fourth-order valence-corrected chi connectivity index (χ4v) is 8.99. The Kier molecular flexibility index (Phi) is 5.91. The second kappa shape index (κ2) is 10.7. The maximum absolute atomic E-state index is 6.78. The largest absolute Gasteiger partial charge is 0.456 e. The highest BCUT2D eigenvalue weighted by Gasteiger charge is 2.46. The second-order valence-electron chi connectivity index (χ2n) is 13.6. The van der Waals surface area contributed by atoms with E-state index in [1.165, 1.54) is 60.8 Å². The third kappa shape index (κ3) is 3.87. The van der Waals surface area contributed by atoms with Gasteiger partial charge in [-0.2, -0.15) is 0 Å². The molecule has 0 aliphatic heterocycles. The number of benzene rings is 8. The molecule has 1 aliphatic rings. The normalized spacial score (nSPS) is 13.3. The minimum absolute atomic E-state index is 0.465. The first kappa shape index (κ1) is 28.2. The van der Waals surface area contributed by atoms with E-state index in [9.17, 15) is 0 Å². The summed E-state index contributed by atoms with van der Waals surface area (Å²) in [6.07, 6.45) is 0. The van der Waals surface area contributed by atoms with Crippen molar-refractivity contribution >= 4 is 43.7 Å². The van der Waals surface area contributed by atoms with Gasteiger partial charge < -0.3 is 8.98 Å². The van der Waals surface area contributed by atoms with Crippen LogP contribution in [0.3, 0.4) is 0 Å². The van der Waals surface area contributed by atoms with E-state index in [0.717, 1.165) is 33.2 Å². The summed E-state index contributed by atoms with van der Waals surface area (Å²) in [4.78, 5) is 0. The highest BCUT2D eigenvalue weighted by Crippen LogP contribution is 2.57. The second-order valence-corrected chi connectivity index (χ2v) is 13.6. The smallest absolute Gasteiger partial charge is 0.136 e. The average Bonchev–Trinajstić information content (AvgIpc) is 3.84. The number of rotatable bonds is 4. The van der Waals surface area contributed by atoms with Crippen LogP contribution in [0.4, 0.5) is 0 Å². The van der Waals surface area contributed by atoms with E-state index in [1.807, 2.05) is 0 Å². The Balaban J connectivity index is 1.12. The summed E-state index contributed by atoms with van der Waals surface area (Å²) in [5, 5.41) is 4.82. The van der Waals surface area contributed by atoms with Crippen LogP contribution in [0, 0.1) is 0 Å². The van der Waals surface area contributed by atoms with Gasteiger partial charge in [-0.3, -0.25) is 0 Å². The summed E-state index contributed by atoms with van der Waals surface area (Å²) in [6.45, 7) is 0. The zero-order valence-electron chi connectivity index (χ0n) is 27.8. The number of para-hydroxylation sites is 2. The molecular weight excluding hydrogens is 619 g/mol. The van der Waals surface area contributed by atoms with E-state index in [4.69, 9.17) is 4.42 Å². The van der Waals surface area contributed by atoms with Gasteiger partial charge in [-0.15, -0.1) is 0 Å². The van der Waals surface area contributed by atoms with Gasteiger partial charge in [0.15, 0.2) is 0 Å². The van der Waals surface area contributed by atoms with Crippen molar-refractivity contribution in [3.8, 4) is 27.9 Å². The molecule has 2 aromatic heterocycles. The monoisotopic (exact) mass is 649 g/mol. The van der Waals surface area contributed by atoms with Gasteiger partial charge in [0.2, 0.25) is 0 Å². The lowest BCUT2D eigenvalue weighted by atomic mass is 9.67. The van der Waals surface area contributed by atoms with Crippen LogP contribution in [-0.4, -0.2) is 4.57 Å². The quantitative estimate of drug-likeness (QED) is 0.186. The Hall–Kier alpha value is -6.64. The van der Waals surface area contributed by atoms with Crippen LogP contribution in [0.15, 0.2) is 192 Å². The molecule has 2 heteroatoms. The SMILES string of the molecule is c1ccc(C2(c3ccccc3)c3ccccc3-c3cc4c(cc32)oc2cccc(-c3ccc(-n5c6ccccc6c6ccccc65)cc3)c24)cc1. The molecule has 10 aromatic rings. The molecule has 0 radical (unpaired) electrons. The van der Waals surface area contributed by atoms with Crippen LogP contribution < -0.4 is 0 Å². The molecule has 2 heterocycles. The predicted octanol–water partition coefficient (Wildman–Crippen LogP) is 12.7. The van der Waals surface area contributed by atoms with Crippen molar-refractivity contribution in [1.82, 2.24) is 4.57 Å². The van der Waals surface area contributed by atoms with E-state index in [-0.39, 0.29) is 0 Å². The van der Waals surface area contributed by atoms with Crippen LogP contribution in [0.1, 0.15) is 22.3 Å². The predicted molar refractivity (Wildman–Crippen MR) is 211 cm³/mol. The Bertz CT molecular complexity index is 2860. The summed E-state index contributed by atoms with van der Waals surface area (Å²) >= 11 is 0. The van der Waals surface area contributed by atoms with E-state index >= 15 is 0 Å². The van der Waals surface area contributed by atoms with Crippen LogP contribution in [-0.2, 0) is 5.41 Å². The summed E-state index contributed by atoms with van der Waals surface area (Å²) < 4.78 is 9.15. The van der Waals surface area contributed by atoms with E-state index in [0.29, 0.717) is 0 Å². The molecule has 0 unspecified atom stereocenters. The molecule has 11 rings (SSSR count). The maximum atomic E-state index is 6.78. The Labute approximate surface area is 295 Å². The van der Waals surface area contributed by atoms with Crippen LogP contribution in [0.5, 0.6) is 0 Å². The fraction of sp³-hybridized carbons (Fsp3) is 0.0204. The zero-order chi connectivity index (χ0) is 33.5. The fourth-order valence-electron chi connectivity index (χ4n) is 8.99. The molecule has 0 saturated carbocycles. The van der Waals surface area contributed by atoms with Crippen LogP contribution >= 0.6 is 0 Å². The van der Waals surface area contributed by atoms with Crippen LogP contribution in [0.25, 0.3) is 71.7 Å². The standard InChI is InChI=1S/C49H31NO/c1-3-14-33(15-4-1)49(34-16-5-2-6-17-34)42-22-10-7-18-37(42)40-30-41-47(31-43(40)49)51-46-25-13-21-36(48(41)46)32-26-28-35(29-27-32)50-44-23-11-8-19-38(44)39-20-9-12-24-45(39)50/h1-31H. The molecule has 0 spiro atoms. The highest BCUT2D eigenvalue weighted by atomic mass is 16.3. The summed E-state index contributed by atoms with van der Waals surface area (Å²) in [6, 6.07) is 68.3. The topological polar surface area (TPSA) is 18.1 Å². The zero-order valence-corrected chi connectivity index (χ0v) is 27.8. The van der Waals surface area contributed by atoms with Gasteiger partial charge >= 0.3 is 0 Å². The van der Waals surface area contributed by atoms with Gasteiger partial charge in [0.1, 0.15) is 11.2 Å². The minimum Gasteiger partial charge on any atom is -0.456 e. The first-order chi connectivity index (χ1) is 25.3. The Morgan fingerprint density at radius 2 is 0.980 bits per heavy atom. The molecule has 0 saturated heterocycles. The number of fused-ring (bicyclic) bond motifs is 9. The van der Waals surface area contributed by atoms with Crippen molar-refractivity contribution < 1.29 is 4.42 Å². The van der Waals surface area contributed by atoms with Gasteiger partial charge in [0.25, 0.3) is 0 Å². The lowest BCUT2D eigenvalue weighted by Gasteiger charge is -2.33. The highest BCUT2D eigenvalue weighted by molar-refractivity contribution is 6.14. The molecule has 2 nitrogen and oxygen atoms in total. The van der Waals surface area contributed by atoms with Gasteiger partial charge in [0.05, 0.1) is 16.4 Å².